The highest BCUT2D eigenvalue weighted by Crippen LogP contribution is 2.33. The van der Waals surface area contributed by atoms with Crippen LogP contribution in [-0.2, 0) is 16.4 Å². The topological polar surface area (TPSA) is 57.7 Å². The van der Waals surface area contributed by atoms with E-state index in [9.17, 15) is 13.2 Å². The van der Waals surface area contributed by atoms with Gasteiger partial charge in [-0.15, -0.1) is 0 Å². The highest BCUT2D eigenvalue weighted by atomic mass is 79.9. The molecule has 1 fully saturated rings. The van der Waals surface area contributed by atoms with E-state index in [1.807, 2.05) is 12.1 Å². The summed E-state index contributed by atoms with van der Waals surface area (Å²) < 4.78 is 28.0. The number of rotatable bonds is 3. The van der Waals surface area contributed by atoms with Crippen LogP contribution >= 0.6 is 15.9 Å². The Hall–Kier alpha value is -1.70. The molecule has 4 rings (SSSR count). The fourth-order valence-corrected chi connectivity index (χ4v) is 5.41. The molecule has 0 saturated carbocycles. The van der Waals surface area contributed by atoms with Crippen LogP contribution in [0.25, 0.3) is 0 Å². The van der Waals surface area contributed by atoms with Gasteiger partial charge in [0.05, 0.1) is 4.90 Å². The minimum absolute atomic E-state index is 0.0635. The predicted octanol–water partition coefficient (Wildman–Crippen LogP) is 3.44. The molecule has 0 aliphatic carbocycles. The number of carbonyl (C=O) groups excluding carboxylic acids is 1. The largest absolute Gasteiger partial charge is 0.308 e. The SMILES string of the molecule is O=C(c1ccc(Br)cc1)N1CCc2cc(S(=O)(=O)N3CCCC3)ccc21. The van der Waals surface area contributed by atoms with E-state index in [-0.39, 0.29) is 5.91 Å². The Bertz CT molecular complexity index is 951. The van der Waals surface area contributed by atoms with Gasteiger partial charge in [0.1, 0.15) is 0 Å². The maximum atomic E-state index is 12.8. The first-order chi connectivity index (χ1) is 12.5. The Morgan fingerprint density at radius 2 is 1.65 bits per heavy atom. The molecule has 0 atom stereocenters. The van der Waals surface area contributed by atoms with Crippen molar-refractivity contribution >= 4 is 37.5 Å². The zero-order chi connectivity index (χ0) is 18.3. The second-order valence-corrected chi connectivity index (χ2v) is 9.47. The summed E-state index contributed by atoms with van der Waals surface area (Å²) in [6.07, 6.45) is 2.50. The summed E-state index contributed by atoms with van der Waals surface area (Å²) >= 11 is 3.37. The monoisotopic (exact) mass is 434 g/mol. The van der Waals surface area contributed by atoms with E-state index in [1.165, 1.54) is 0 Å². The lowest BCUT2D eigenvalue weighted by Crippen LogP contribution is -2.29. The lowest BCUT2D eigenvalue weighted by atomic mass is 10.1. The molecular weight excluding hydrogens is 416 g/mol. The van der Waals surface area contributed by atoms with Crippen LogP contribution in [0.1, 0.15) is 28.8 Å². The third-order valence-electron chi connectivity index (χ3n) is 4.99. The summed E-state index contributed by atoms with van der Waals surface area (Å²) in [5, 5.41) is 0. The molecule has 0 spiro atoms. The molecule has 136 valence electrons. The Labute approximate surface area is 161 Å². The summed E-state index contributed by atoms with van der Waals surface area (Å²) in [6.45, 7) is 1.75. The van der Waals surface area contributed by atoms with Crippen LogP contribution in [0.5, 0.6) is 0 Å². The number of amides is 1. The number of carbonyl (C=O) groups is 1. The minimum atomic E-state index is -3.43. The molecule has 2 aromatic rings. The first-order valence-electron chi connectivity index (χ1n) is 8.67. The second-order valence-electron chi connectivity index (χ2n) is 6.62. The van der Waals surface area contributed by atoms with Crippen molar-refractivity contribution in [1.29, 1.82) is 0 Å². The molecule has 7 heteroatoms. The quantitative estimate of drug-likeness (QED) is 0.743. The predicted molar refractivity (Wildman–Crippen MR) is 104 cm³/mol. The van der Waals surface area contributed by atoms with Gasteiger partial charge in [0, 0.05) is 35.4 Å². The normalized spacial score (nSPS) is 17.5. The van der Waals surface area contributed by atoms with Crippen LogP contribution in [0.4, 0.5) is 5.69 Å². The number of fused-ring (bicyclic) bond motifs is 1. The number of anilines is 1. The van der Waals surface area contributed by atoms with E-state index in [0.29, 0.717) is 36.5 Å². The van der Waals surface area contributed by atoms with Gasteiger partial charge in [0.15, 0.2) is 0 Å². The summed E-state index contributed by atoms with van der Waals surface area (Å²) in [4.78, 5) is 14.9. The zero-order valence-corrected chi connectivity index (χ0v) is 16.6. The maximum absolute atomic E-state index is 12.8. The zero-order valence-electron chi connectivity index (χ0n) is 14.2. The van der Waals surface area contributed by atoms with E-state index in [2.05, 4.69) is 15.9 Å². The lowest BCUT2D eigenvalue weighted by molar-refractivity contribution is 0.0989. The number of halogens is 1. The molecule has 0 aromatic heterocycles. The average molecular weight is 435 g/mol. The number of nitrogens with zero attached hydrogens (tertiary/aromatic N) is 2. The van der Waals surface area contributed by atoms with E-state index < -0.39 is 10.0 Å². The Balaban J connectivity index is 1.62. The first kappa shape index (κ1) is 17.7. The Kier molecular flexibility index (Phi) is 4.62. The van der Waals surface area contributed by atoms with Crippen molar-refractivity contribution in [2.75, 3.05) is 24.5 Å². The molecule has 1 amide bonds. The summed E-state index contributed by atoms with van der Waals surface area (Å²) in [7, 11) is -3.43. The molecule has 1 saturated heterocycles. The van der Waals surface area contributed by atoms with Crippen LogP contribution < -0.4 is 4.90 Å². The van der Waals surface area contributed by atoms with Crippen molar-refractivity contribution in [1.82, 2.24) is 4.31 Å². The van der Waals surface area contributed by atoms with Gasteiger partial charge < -0.3 is 4.90 Å². The molecular formula is C19H19BrN2O3S. The van der Waals surface area contributed by atoms with Crippen LogP contribution in [0, 0.1) is 0 Å². The maximum Gasteiger partial charge on any atom is 0.258 e. The lowest BCUT2D eigenvalue weighted by Gasteiger charge is -2.19. The molecule has 26 heavy (non-hydrogen) atoms. The van der Waals surface area contributed by atoms with Gasteiger partial charge in [-0.1, -0.05) is 15.9 Å². The molecule has 0 unspecified atom stereocenters. The molecule has 5 nitrogen and oxygen atoms in total. The molecule has 0 bridgehead atoms. The van der Waals surface area contributed by atoms with Crippen LogP contribution in [0.3, 0.4) is 0 Å². The third-order valence-corrected chi connectivity index (χ3v) is 7.41. The van der Waals surface area contributed by atoms with Gasteiger partial charge >= 0.3 is 0 Å². The molecule has 2 aliphatic rings. The van der Waals surface area contributed by atoms with Gasteiger partial charge in [0.25, 0.3) is 5.91 Å². The fourth-order valence-electron chi connectivity index (χ4n) is 3.58. The minimum Gasteiger partial charge on any atom is -0.308 e. The van der Waals surface area contributed by atoms with Crippen molar-refractivity contribution in [3.63, 3.8) is 0 Å². The van der Waals surface area contributed by atoms with Gasteiger partial charge in [-0.25, -0.2) is 8.42 Å². The first-order valence-corrected chi connectivity index (χ1v) is 10.9. The smallest absolute Gasteiger partial charge is 0.258 e. The van der Waals surface area contributed by atoms with Gasteiger partial charge in [-0.3, -0.25) is 4.79 Å². The summed E-state index contributed by atoms with van der Waals surface area (Å²) in [6, 6.07) is 12.4. The van der Waals surface area contributed by atoms with Crippen LogP contribution in [-0.4, -0.2) is 38.3 Å². The molecule has 2 aromatic carbocycles. The van der Waals surface area contributed by atoms with E-state index in [4.69, 9.17) is 0 Å². The molecule has 0 N–H and O–H groups in total. The highest BCUT2D eigenvalue weighted by molar-refractivity contribution is 9.10. The number of hydrogen-bond donors (Lipinski definition) is 0. The second kappa shape index (κ2) is 6.79. The average Bonchev–Trinajstić information content (AvgIpc) is 3.31. The van der Waals surface area contributed by atoms with E-state index in [1.54, 1.807) is 39.5 Å². The van der Waals surface area contributed by atoms with Gasteiger partial charge in [-0.05, 0) is 67.3 Å². The number of sulfonamides is 1. The van der Waals surface area contributed by atoms with E-state index in [0.717, 1.165) is 28.6 Å². The summed E-state index contributed by atoms with van der Waals surface area (Å²) in [5.74, 6) is -0.0635. The van der Waals surface area contributed by atoms with Crippen LogP contribution in [0.15, 0.2) is 51.8 Å². The third kappa shape index (κ3) is 3.08. The summed E-state index contributed by atoms with van der Waals surface area (Å²) in [5.41, 5.74) is 2.34. The molecule has 0 radical (unpaired) electrons. The number of benzene rings is 2. The fraction of sp³-hybridized carbons (Fsp3) is 0.316. The van der Waals surface area contributed by atoms with Crippen molar-refractivity contribution < 1.29 is 13.2 Å². The highest BCUT2D eigenvalue weighted by Gasteiger charge is 2.30. The molecule has 2 aliphatic heterocycles. The Morgan fingerprint density at radius 1 is 0.962 bits per heavy atom. The number of hydrogen-bond acceptors (Lipinski definition) is 3. The van der Waals surface area contributed by atoms with Crippen molar-refractivity contribution in [2.24, 2.45) is 0 Å². The van der Waals surface area contributed by atoms with Crippen LogP contribution in [0.2, 0.25) is 0 Å². The van der Waals surface area contributed by atoms with Crippen molar-refractivity contribution in [2.45, 2.75) is 24.2 Å². The van der Waals surface area contributed by atoms with E-state index >= 15 is 0 Å². The Morgan fingerprint density at radius 3 is 2.35 bits per heavy atom. The van der Waals surface area contributed by atoms with Crippen molar-refractivity contribution in [3.05, 3.63) is 58.1 Å². The van der Waals surface area contributed by atoms with Gasteiger partial charge in [-0.2, -0.15) is 4.31 Å². The van der Waals surface area contributed by atoms with Crippen molar-refractivity contribution in [3.8, 4) is 0 Å². The van der Waals surface area contributed by atoms with Gasteiger partial charge in [0.2, 0.25) is 10.0 Å². The standard InChI is InChI=1S/C19H19BrN2O3S/c20-16-5-3-14(4-6-16)19(23)22-12-9-15-13-17(7-8-18(15)22)26(24,25)21-10-1-2-11-21/h3-8,13H,1-2,9-12H2. The molecule has 2 heterocycles.